The predicted octanol–water partition coefficient (Wildman–Crippen LogP) is 3.71. The number of carboxylic acids is 1. The van der Waals surface area contributed by atoms with Crippen LogP contribution in [0.1, 0.15) is 22.3 Å². The molecule has 12 heteroatoms. The first kappa shape index (κ1) is 22.7. The molecule has 0 unspecified atom stereocenters. The van der Waals surface area contributed by atoms with Gasteiger partial charge in [-0.15, -0.1) is 11.8 Å². The SMILES string of the molecule is O=C(O)CCSC1=C/C(=N/S(=O)(=O)c2ccc(Cl)c([N+](=O)[O-])c2)c2ccccc2C1=O. The number of carbonyl (C=O) groups excluding carboxylic acids is 1. The highest BCUT2D eigenvalue weighted by Crippen LogP contribution is 2.31. The number of hydrogen-bond acceptors (Lipinski definition) is 7. The van der Waals surface area contributed by atoms with Crippen LogP contribution in [0.4, 0.5) is 5.69 Å². The molecule has 0 aliphatic heterocycles. The minimum atomic E-state index is -4.38. The van der Waals surface area contributed by atoms with Gasteiger partial charge in [0.05, 0.1) is 26.9 Å². The molecule has 0 atom stereocenters. The highest BCUT2D eigenvalue weighted by Gasteiger charge is 2.27. The lowest BCUT2D eigenvalue weighted by molar-refractivity contribution is -0.384. The quantitative estimate of drug-likeness (QED) is 0.466. The van der Waals surface area contributed by atoms with E-state index in [0.29, 0.717) is 0 Å². The summed E-state index contributed by atoms with van der Waals surface area (Å²) in [6.07, 6.45) is 1.09. The van der Waals surface area contributed by atoms with Crippen LogP contribution in [-0.4, -0.2) is 41.7 Å². The molecule has 31 heavy (non-hydrogen) atoms. The number of allylic oxidation sites excluding steroid dienone is 2. The smallest absolute Gasteiger partial charge is 0.304 e. The molecule has 0 heterocycles. The zero-order valence-corrected chi connectivity index (χ0v) is 17.9. The van der Waals surface area contributed by atoms with E-state index in [1.54, 1.807) is 12.1 Å². The lowest BCUT2D eigenvalue weighted by Gasteiger charge is -2.17. The van der Waals surface area contributed by atoms with Gasteiger partial charge in [-0.3, -0.25) is 19.7 Å². The maximum Gasteiger partial charge on any atom is 0.304 e. The Labute approximate surface area is 185 Å². The van der Waals surface area contributed by atoms with Gasteiger partial charge in [-0.25, -0.2) is 0 Å². The molecule has 3 rings (SSSR count). The molecule has 1 N–H and O–H groups in total. The van der Waals surface area contributed by atoms with Crippen molar-refractivity contribution in [1.82, 2.24) is 0 Å². The van der Waals surface area contributed by atoms with Crippen molar-refractivity contribution in [2.24, 2.45) is 4.40 Å². The molecule has 1 aliphatic rings. The molecule has 160 valence electrons. The van der Waals surface area contributed by atoms with Crippen LogP contribution < -0.4 is 0 Å². The molecular formula is C19H13ClN2O7S2. The monoisotopic (exact) mass is 480 g/mol. The molecule has 0 fully saturated rings. The molecule has 0 radical (unpaired) electrons. The number of aliphatic carboxylic acids is 1. The van der Waals surface area contributed by atoms with Crippen LogP contribution in [-0.2, 0) is 14.8 Å². The normalized spacial score (nSPS) is 14.8. The summed E-state index contributed by atoms with van der Waals surface area (Å²) < 4.78 is 29.5. The summed E-state index contributed by atoms with van der Waals surface area (Å²) in [7, 11) is -4.38. The fourth-order valence-electron chi connectivity index (χ4n) is 2.71. The lowest BCUT2D eigenvalue weighted by atomic mass is 9.94. The van der Waals surface area contributed by atoms with Crippen LogP contribution in [0.15, 0.2) is 62.7 Å². The largest absolute Gasteiger partial charge is 0.481 e. The van der Waals surface area contributed by atoms with E-state index in [-0.39, 0.29) is 44.7 Å². The summed E-state index contributed by atoms with van der Waals surface area (Å²) in [5.74, 6) is -1.29. The number of thioether (sulfide) groups is 1. The molecule has 0 amide bonds. The van der Waals surface area contributed by atoms with Crippen molar-refractivity contribution in [3.05, 3.63) is 79.7 Å². The number of nitro benzene ring substituents is 1. The molecule has 0 saturated heterocycles. The number of halogens is 1. The number of carbonyl (C=O) groups is 2. The number of fused-ring (bicyclic) bond motifs is 1. The molecular weight excluding hydrogens is 468 g/mol. The number of ketones is 1. The average molecular weight is 481 g/mol. The molecule has 0 bridgehead atoms. The average Bonchev–Trinajstić information content (AvgIpc) is 2.70. The first-order valence-corrected chi connectivity index (χ1v) is 11.4. The Bertz CT molecular complexity index is 1270. The minimum Gasteiger partial charge on any atom is -0.481 e. The van der Waals surface area contributed by atoms with E-state index in [1.165, 1.54) is 18.2 Å². The van der Waals surface area contributed by atoms with Gasteiger partial charge in [0, 0.05) is 22.9 Å². The fourth-order valence-corrected chi connectivity index (χ4v) is 4.85. The summed E-state index contributed by atoms with van der Waals surface area (Å²) in [5.41, 5.74) is -0.116. The van der Waals surface area contributed by atoms with E-state index in [4.69, 9.17) is 16.7 Å². The van der Waals surface area contributed by atoms with Gasteiger partial charge >= 0.3 is 5.97 Å². The summed E-state index contributed by atoms with van der Waals surface area (Å²) in [5, 5.41) is 19.7. The van der Waals surface area contributed by atoms with Crippen LogP contribution in [0.2, 0.25) is 5.02 Å². The number of benzene rings is 2. The van der Waals surface area contributed by atoms with E-state index >= 15 is 0 Å². The topological polar surface area (TPSA) is 144 Å². The number of carboxylic acid groups (broad SMARTS) is 1. The Morgan fingerprint density at radius 2 is 1.87 bits per heavy atom. The van der Waals surface area contributed by atoms with Crippen LogP contribution >= 0.6 is 23.4 Å². The number of sulfonamides is 1. The van der Waals surface area contributed by atoms with Crippen LogP contribution in [0.25, 0.3) is 0 Å². The number of nitrogens with zero attached hydrogens (tertiary/aromatic N) is 2. The van der Waals surface area contributed by atoms with E-state index in [0.717, 1.165) is 30.0 Å². The van der Waals surface area contributed by atoms with Crippen molar-refractivity contribution >= 4 is 56.5 Å². The van der Waals surface area contributed by atoms with Gasteiger partial charge in [0.2, 0.25) is 0 Å². The van der Waals surface area contributed by atoms with E-state index < -0.39 is 31.5 Å². The Balaban J connectivity index is 2.08. The summed E-state index contributed by atoms with van der Waals surface area (Å²) in [6, 6.07) is 9.26. The molecule has 0 spiro atoms. The van der Waals surface area contributed by atoms with Crippen molar-refractivity contribution < 1.29 is 28.0 Å². The number of nitro groups is 1. The third kappa shape index (κ3) is 5.01. The van der Waals surface area contributed by atoms with Crippen molar-refractivity contribution in [1.29, 1.82) is 0 Å². The molecule has 0 aromatic heterocycles. The maximum absolute atomic E-state index is 12.8. The molecule has 9 nitrogen and oxygen atoms in total. The third-order valence-corrected chi connectivity index (χ3v) is 6.77. The van der Waals surface area contributed by atoms with E-state index in [9.17, 15) is 28.1 Å². The fraction of sp³-hybridized carbons (Fsp3) is 0.105. The minimum absolute atomic E-state index is 0.0365. The van der Waals surface area contributed by atoms with Gasteiger partial charge < -0.3 is 5.11 Å². The molecule has 2 aromatic rings. The maximum atomic E-state index is 12.8. The van der Waals surface area contributed by atoms with Crippen molar-refractivity contribution in [2.45, 2.75) is 11.3 Å². The Hall–Kier alpha value is -3.02. The van der Waals surface area contributed by atoms with Gasteiger partial charge in [-0.1, -0.05) is 35.9 Å². The van der Waals surface area contributed by atoms with E-state index in [2.05, 4.69) is 4.40 Å². The van der Waals surface area contributed by atoms with Crippen LogP contribution in [0, 0.1) is 10.1 Å². The number of rotatable bonds is 7. The molecule has 1 aliphatic carbocycles. The van der Waals surface area contributed by atoms with Crippen LogP contribution in [0.3, 0.4) is 0 Å². The number of hydrogen-bond donors (Lipinski definition) is 1. The second-order valence-electron chi connectivity index (χ2n) is 6.20. The van der Waals surface area contributed by atoms with Crippen molar-refractivity contribution in [3.8, 4) is 0 Å². The highest BCUT2D eigenvalue weighted by atomic mass is 35.5. The zero-order chi connectivity index (χ0) is 22.8. The molecule has 2 aromatic carbocycles. The van der Waals surface area contributed by atoms with Gasteiger partial charge in [0.25, 0.3) is 15.7 Å². The standard InChI is InChI=1S/C19H13ClN2O7S2/c20-14-6-5-11(9-16(14)22(26)27)31(28,29)21-15-10-17(30-8-7-18(23)24)19(25)13-4-2-1-3-12(13)15/h1-6,9-10H,7-8H2,(H,23,24)/b21-15-. The first-order valence-electron chi connectivity index (χ1n) is 8.59. The highest BCUT2D eigenvalue weighted by molar-refractivity contribution is 8.04. The Kier molecular flexibility index (Phi) is 6.58. The van der Waals surface area contributed by atoms with Gasteiger partial charge in [-0.2, -0.15) is 12.8 Å². The summed E-state index contributed by atoms with van der Waals surface area (Å²) in [4.78, 5) is 33.4. The summed E-state index contributed by atoms with van der Waals surface area (Å²) >= 11 is 6.72. The zero-order valence-electron chi connectivity index (χ0n) is 15.5. The van der Waals surface area contributed by atoms with Gasteiger partial charge in [0.15, 0.2) is 5.78 Å². The Morgan fingerprint density at radius 3 is 2.52 bits per heavy atom. The third-order valence-electron chi connectivity index (χ3n) is 4.14. The van der Waals surface area contributed by atoms with Gasteiger partial charge in [-0.05, 0) is 18.2 Å². The molecule has 0 saturated carbocycles. The van der Waals surface area contributed by atoms with Crippen molar-refractivity contribution in [3.63, 3.8) is 0 Å². The first-order chi connectivity index (χ1) is 14.6. The van der Waals surface area contributed by atoms with Crippen LogP contribution in [0.5, 0.6) is 0 Å². The second-order valence-corrected chi connectivity index (χ2v) is 9.35. The number of Topliss-reactive ketones (excluding diaryl/α,β-unsaturated/α-hetero) is 1. The predicted molar refractivity (Wildman–Crippen MR) is 115 cm³/mol. The van der Waals surface area contributed by atoms with E-state index in [1.807, 2.05) is 0 Å². The summed E-state index contributed by atoms with van der Waals surface area (Å²) in [6.45, 7) is 0. The second kappa shape index (κ2) is 9.00. The Morgan fingerprint density at radius 1 is 1.19 bits per heavy atom. The van der Waals surface area contributed by atoms with Gasteiger partial charge in [0.1, 0.15) is 5.02 Å². The lowest BCUT2D eigenvalue weighted by Crippen LogP contribution is -2.18. The van der Waals surface area contributed by atoms with Crippen molar-refractivity contribution in [2.75, 3.05) is 5.75 Å².